The van der Waals surface area contributed by atoms with Crippen molar-refractivity contribution in [2.75, 3.05) is 11.9 Å². The number of hydrogen-bond donors (Lipinski definition) is 1. The summed E-state index contributed by atoms with van der Waals surface area (Å²) in [5.41, 5.74) is 0.577. The lowest BCUT2D eigenvalue weighted by molar-refractivity contribution is 0.163. The van der Waals surface area contributed by atoms with Gasteiger partial charge in [0, 0.05) is 9.50 Å². The molecule has 1 aromatic rings. The Morgan fingerprint density at radius 3 is 2.77 bits per heavy atom. The maximum Gasteiger partial charge on any atom is 0.255 e. The first-order valence-electron chi connectivity index (χ1n) is 3.56. The molecule has 0 heterocycles. The lowest BCUT2D eigenvalue weighted by Crippen LogP contribution is -2.10. The first-order chi connectivity index (χ1) is 6.09. The number of anilines is 1. The Morgan fingerprint density at radius 2 is 2.15 bits per heavy atom. The summed E-state index contributed by atoms with van der Waals surface area (Å²) in [5, 5.41) is 3.09. The Labute approximate surface area is 88.2 Å². The molecular weight excluding hydrogens is 263 g/mol. The number of halogens is 4. The van der Waals surface area contributed by atoms with Gasteiger partial charge in [-0.3, -0.25) is 0 Å². The third-order valence-electron chi connectivity index (χ3n) is 1.38. The van der Waals surface area contributed by atoms with E-state index in [4.69, 9.17) is 11.6 Å². The third kappa shape index (κ3) is 3.48. The van der Waals surface area contributed by atoms with E-state index in [2.05, 4.69) is 21.2 Å². The Morgan fingerprint density at radius 1 is 1.46 bits per heavy atom. The van der Waals surface area contributed by atoms with Crippen molar-refractivity contribution in [2.45, 2.75) is 6.43 Å². The van der Waals surface area contributed by atoms with Crippen LogP contribution in [0, 0.1) is 0 Å². The average molecular weight is 271 g/mol. The molecule has 0 aromatic heterocycles. The first kappa shape index (κ1) is 10.7. The van der Waals surface area contributed by atoms with E-state index in [0.717, 1.165) is 4.47 Å². The normalized spacial score (nSPS) is 10.5. The molecule has 0 fully saturated rings. The molecule has 0 unspecified atom stereocenters. The summed E-state index contributed by atoms with van der Waals surface area (Å²) in [6.07, 6.45) is -2.37. The first-order valence-corrected chi connectivity index (χ1v) is 4.74. The van der Waals surface area contributed by atoms with E-state index < -0.39 is 6.43 Å². The van der Waals surface area contributed by atoms with Crippen LogP contribution >= 0.6 is 27.5 Å². The van der Waals surface area contributed by atoms with Crippen molar-refractivity contribution in [1.29, 1.82) is 0 Å². The minimum Gasteiger partial charge on any atom is -0.378 e. The van der Waals surface area contributed by atoms with Crippen LogP contribution in [0.2, 0.25) is 5.02 Å². The van der Waals surface area contributed by atoms with Crippen molar-refractivity contribution in [3.05, 3.63) is 27.7 Å². The van der Waals surface area contributed by atoms with Gasteiger partial charge in [0.2, 0.25) is 0 Å². The molecular formula is C8H7BrClF2N. The summed E-state index contributed by atoms with van der Waals surface area (Å²) in [4.78, 5) is 0. The molecule has 13 heavy (non-hydrogen) atoms. The largest absolute Gasteiger partial charge is 0.378 e. The molecule has 1 nitrogen and oxygen atoms in total. The predicted octanol–water partition coefficient (Wildman–Crippen LogP) is 3.78. The van der Waals surface area contributed by atoms with Crippen LogP contribution in [0.1, 0.15) is 0 Å². The fraction of sp³-hybridized carbons (Fsp3) is 0.250. The fourth-order valence-corrected chi connectivity index (χ4v) is 1.38. The molecule has 0 amide bonds. The fourth-order valence-electron chi connectivity index (χ4n) is 0.820. The molecule has 0 aliphatic heterocycles. The van der Waals surface area contributed by atoms with E-state index in [0.29, 0.717) is 10.7 Å². The van der Waals surface area contributed by atoms with Gasteiger partial charge in [0.25, 0.3) is 6.43 Å². The second-order valence-electron chi connectivity index (χ2n) is 2.40. The summed E-state index contributed by atoms with van der Waals surface area (Å²) >= 11 is 8.90. The Hall–Kier alpha value is -0.350. The number of hydrogen-bond acceptors (Lipinski definition) is 1. The number of alkyl halides is 2. The molecule has 0 aliphatic rings. The van der Waals surface area contributed by atoms with E-state index in [1.807, 2.05) is 0 Å². The second kappa shape index (κ2) is 4.77. The number of benzene rings is 1. The molecule has 0 bridgehead atoms. The van der Waals surface area contributed by atoms with Gasteiger partial charge in [-0.05, 0) is 34.1 Å². The van der Waals surface area contributed by atoms with Crippen LogP contribution in [-0.2, 0) is 0 Å². The van der Waals surface area contributed by atoms with Crippen molar-refractivity contribution in [3.63, 3.8) is 0 Å². The number of nitrogens with one attached hydrogen (secondary N) is 1. The van der Waals surface area contributed by atoms with E-state index in [1.54, 1.807) is 18.2 Å². The van der Waals surface area contributed by atoms with Gasteiger partial charge in [0.15, 0.2) is 0 Å². The van der Waals surface area contributed by atoms with Crippen molar-refractivity contribution >= 4 is 33.2 Å². The van der Waals surface area contributed by atoms with Gasteiger partial charge >= 0.3 is 0 Å². The molecule has 0 atom stereocenters. The smallest absolute Gasteiger partial charge is 0.255 e. The minimum atomic E-state index is -2.37. The van der Waals surface area contributed by atoms with Gasteiger partial charge in [0.1, 0.15) is 0 Å². The zero-order valence-electron chi connectivity index (χ0n) is 6.53. The van der Waals surface area contributed by atoms with Gasteiger partial charge in [-0.1, -0.05) is 11.6 Å². The molecule has 1 rings (SSSR count). The molecule has 0 saturated carbocycles. The zero-order valence-corrected chi connectivity index (χ0v) is 8.87. The van der Waals surface area contributed by atoms with Crippen LogP contribution in [0.15, 0.2) is 22.7 Å². The zero-order chi connectivity index (χ0) is 9.84. The molecule has 0 spiro atoms. The van der Waals surface area contributed by atoms with Crippen LogP contribution < -0.4 is 5.32 Å². The highest BCUT2D eigenvalue weighted by Crippen LogP contribution is 2.25. The summed E-state index contributed by atoms with van der Waals surface area (Å²) in [6, 6.07) is 4.98. The lowest BCUT2D eigenvalue weighted by Gasteiger charge is -2.07. The SMILES string of the molecule is FC(F)CNc1cc(Cl)ccc1Br. The summed E-state index contributed by atoms with van der Waals surface area (Å²) in [5.74, 6) is 0. The molecule has 1 N–H and O–H groups in total. The van der Waals surface area contributed by atoms with Crippen molar-refractivity contribution < 1.29 is 8.78 Å². The van der Waals surface area contributed by atoms with E-state index >= 15 is 0 Å². The highest BCUT2D eigenvalue weighted by Gasteiger charge is 2.04. The number of rotatable bonds is 3. The summed E-state index contributed by atoms with van der Waals surface area (Å²) in [7, 11) is 0. The molecule has 0 radical (unpaired) electrons. The van der Waals surface area contributed by atoms with Gasteiger partial charge in [-0.2, -0.15) is 0 Å². The van der Waals surface area contributed by atoms with Gasteiger partial charge in [0.05, 0.1) is 12.2 Å². The predicted molar refractivity (Wildman–Crippen MR) is 53.6 cm³/mol. The van der Waals surface area contributed by atoms with Crippen LogP contribution in [0.5, 0.6) is 0 Å². The standard InChI is InChI=1S/C8H7BrClF2N/c9-6-2-1-5(10)3-7(6)13-4-8(11)12/h1-3,8,13H,4H2. The molecule has 0 aliphatic carbocycles. The summed E-state index contributed by atoms with van der Waals surface area (Å²) < 4.78 is 24.4. The Kier molecular flexibility index (Phi) is 3.93. The monoisotopic (exact) mass is 269 g/mol. The van der Waals surface area contributed by atoms with Crippen molar-refractivity contribution in [3.8, 4) is 0 Å². The minimum absolute atomic E-state index is 0.376. The van der Waals surface area contributed by atoms with Crippen LogP contribution in [0.4, 0.5) is 14.5 Å². The van der Waals surface area contributed by atoms with Crippen molar-refractivity contribution in [2.24, 2.45) is 0 Å². The second-order valence-corrected chi connectivity index (χ2v) is 3.69. The molecule has 1 aromatic carbocycles. The van der Waals surface area contributed by atoms with E-state index in [1.165, 1.54) is 0 Å². The average Bonchev–Trinajstić information content (AvgIpc) is 2.06. The highest BCUT2D eigenvalue weighted by molar-refractivity contribution is 9.10. The molecule has 0 saturated heterocycles. The Balaban J connectivity index is 2.70. The molecule has 5 heteroatoms. The van der Waals surface area contributed by atoms with Crippen LogP contribution in [0.25, 0.3) is 0 Å². The summed E-state index contributed by atoms with van der Waals surface area (Å²) in [6.45, 7) is -0.376. The van der Waals surface area contributed by atoms with Gasteiger partial charge in [-0.25, -0.2) is 8.78 Å². The lowest BCUT2D eigenvalue weighted by atomic mass is 10.3. The van der Waals surface area contributed by atoms with Crippen LogP contribution in [-0.4, -0.2) is 13.0 Å². The Bertz CT molecular complexity index is 293. The topological polar surface area (TPSA) is 12.0 Å². The van der Waals surface area contributed by atoms with E-state index in [-0.39, 0.29) is 6.54 Å². The quantitative estimate of drug-likeness (QED) is 0.881. The maximum atomic E-state index is 11.8. The van der Waals surface area contributed by atoms with E-state index in [9.17, 15) is 8.78 Å². The van der Waals surface area contributed by atoms with Gasteiger partial charge < -0.3 is 5.32 Å². The molecule has 72 valence electrons. The van der Waals surface area contributed by atoms with Gasteiger partial charge in [-0.15, -0.1) is 0 Å². The van der Waals surface area contributed by atoms with Crippen molar-refractivity contribution in [1.82, 2.24) is 0 Å². The maximum absolute atomic E-state index is 11.8. The van der Waals surface area contributed by atoms with Crippen LogP contribution in [0.3, 0.4) is 0 Å². The third-order valence-corrected chi connectivity index (χ3v) is 2.30. The highest BCUT2D eigenvalue weighted by atomic mass is 79.9.